The van der Waals surface area contributed by atoms with Crippen LogP contribution in [0.2, 0.25) is 0 Å². The van der Waals surface area contributed by atoms with E-state index >= 15 is 0 Å². The molecular formula is C10H15NOS. The summed E-state index contributed by atoms with van der Waals surface area (Å²) >= 11 is 1.85. The van der Waals surface area contributed by atoms with Crippen LogP contribution in [0.1, 0.15) is 21.7 Å². The van der Waals surface area contributed by atoms with E-state index in [1.54, 1.807) is 0 Å². The maximum Gasteiger partial charge on any atom is 0.0710 e. The van der Waals surface area contributed by atoms with E-state index in [0.717, 1.165) is 6.42 Å². The third-order valence-corrected chi connectivity index (χ3v) is 3.77. The molecule has 13 heavy (non-hydrogen) atoms. The van der Waals surface area contributed by atoms with Crippen LogP contribution in [0.4, 0.5) is 0 Å². The first-order valence-corrected chi connectivity index (χ1v) is 5.60. The fourth-order valence-electron chi connectivity index (χ4n) is 1.81. The average Bonchev–Trinajstić information content (AvgIpc) is 2.63. The van der Waals surface area contributed by atoms with Gasteiger partial charge in [-0.05, 0) is 30.9 Å². The Bertz CT molecular complexity index is 274. The van der Waals surface area contributed by atoms with E-state index in [0.29, 0.717) is 6.54 Å². The molecule has 1 atom stereocenters. The van der Waals surface area contributed by atoms with Gasteiger partial charge < -0.3 is 10.8 Å². The summed E-state index contributed by atoms with van der Waals surface area (Å²) in [6.45, 7) is 0.364. The molecule has 0 bridgehead atoms. The summed E-state index contributed by atoms with van der Waals surface area (Å²) in [4.78, 5) is 2.82. The largest absolute Gasteiger partial charge is 0.391 e. The molecule has 1 aromatic heterocycles. The zero-order chi connectivity index (χ0) is 9.26. The zero-order valence-corrected chi connectivity index (χ0v) is 8.44. The van der Waals surface area contributed by atoms with Crippen molar-refractivity contribution in [3.63, 3.8) is 0 Å². The molecule has 1 aliphatic rings. The summed E-state index contributed by atoms with van der Waals surface area (Å²) in [6, 6.07) is 2.24. The van der Waals surface area contributed by atoms with Crippen molar-refractivity contribution in [2.24, 2.45) is 5.73 Å². The predicted molar refractivity (Wildman–Crippen MR) is 55.1 cm³/mol. The quantitative estimate of drug-likeness (QED) is 0.762. The molecule has 0 aromatic carbocycles. The Hall–Kier alpha value is -0.380. The predicted octanol–water partition coefficient (Wildman–Crippen LogP) is 1.10. The van der Waals surface area contributed by atoms with Gasteiger partial charge in [0.1, 0.15) is 0 Å². The molecule has 0 saturated heterocycles. The van der Waals surface area contributed by atoms with Gasteiger partial charge in [-0.25, -0.2) is 0 Å². The fourth-order valence-corrected chi connectivity index (χ4v) is 3.14. The van der Waals surface area contributed by atoms with Gasteiger partial charge in [0.2, 0.25) is 0 Å². The maximum absolute atomic E-state index is 9.38. The minimum Gasteiger partial charge on any atom is -0.391 e. The first-order chi connectivity index (χ1) is 6.29. The minimum atomic E-state index is -0.362. The molecule has 1 aliphatic carbocycles. The zero-order valence-electron chi connectivity index (χ0n) is 7.62. The van der Waals surface area contributed by atoms with Crippen molar-refractivity contribution < 1.29 is 5.11 Å². The van der Waals surface area contributed by atoms with Crippen LogP contribution in [0, 0.1) is 0 Å². The number of aryl methyl sites for hydroxylation is 2. The highest BCUT2D eigenvalue weighted by Gasteiger charge is 2.15. The second-order valence-electron chi connectivity index (χ2n) is 3.61. The summed E-state index contributed by atoms with van der Waals surface area (Å²) in [6.07, 6.45) is 4.14. The Morgan fingerprint density at radius 1 is 1.54 bits per heavy atom. The smallest absolute Gasteiger partial charge is 0.0710 e. The Morgan fingerprint density at radius 2 is 2.38 bits per heavy atom. The summed E-state index contributed by atoms with van der Waals surface area (Å²) in [5.41, 5.74) is 6.87. The summed E-state index contributed by atoms with van der Waals surface area (Å²) in [7, 11) is 0. The van der Waals surface area contributed by atoms with Crippen molar-refractivity contribution >= 4 is 11.3 Å². The lowest BCUT2D eigenvalue weighted by Crippen LogP contribution is -2.21. The van der Waals surface area contributed by atoms with Crippen LogP contribution >= 0.6 is 11.3 Å². The highest BCUT2D eigenvalue weighted by atomic mass is 32.1. The van der Waals surface area contributed by atoms with Gasteiger partial charge in [-0.3, -0.25) is 0 Å². The summed E-state index contributed by atoms with van der Waals surface area (Å²) in [5.74, 6) is 0. The molecule has 3 N–H and O–H groups in total. The van der Waals surface area contributed by atoms with Crippen molar-refractivity contribution in [1.29, 1.82) is 0 Å². The van der Waals surface area contributed by atoms with Crippen molar-refractivity contribution in [1.82, 2.24) is 0 Å². The van der Waals surface area contributed by atoms with Crippen LogP contribution in [-0.2, 0) is 19.3 Å². The number of hydrogen-bond acceptors (Lipinski definition) is 3. The lowest BCUT2D eigenvalue weighted by molar-refractivity contribution is 0.184. The van der Waals surface area contributed by atoms with Gasteiger partial charge in [-0.2, -0.15) is 0 Å². The number of fused-ring (bicyclic) bond motifs is 1. The molecular weight excluding hydrogens is 182 g/mol. The van der Waals surface area contributed by atoms with Crippen LogP contribution in [0.3, 0.4) is 0 Å². The van der Waals surface area contributed by atoms with E-state index in [9.17, 15) is 5.11 Å². The molecule has 72 valence electrons. The SMILES string of the molecule is NCC(O)Cc1cc2c(s1)CCC2. The Morgan fingerprint density at radius 3 is 3.08 bits per heavy atom. The van der Waals surface area contributed by atoms with Gasteiger partial charge in [-0.15, -0.1) is 11.3 Å². The first-order valence-electron chi connectivity index (χ1n) is 4.78. The molecule has 1 unspecified atom stereocenters. The first kappa shape index (κ1) is 9.19. The second kappa shape index (κ2) is 3.78. The topological polar surface area (TPSA) is 46.2 Å². The van der Waals surface area contributed by atoms with Gasteiger partial charge in [-0.1, -0.05) is 0 Å². The highest BCUT2D eigenvalue weighted by molar-refractivity contribution is 7.12. The Balaban J connectivity index is 2.06. The normalized spacial score (nSPS) is 17.4. The van der Waals surface area contributed by atoms with Crippen LogP contribution in [0.25, 0.3) is 0 Å². The number of nitrogens with two attached hydrogens (primary N) is 1. The number of aliphatic hydroxyl groups excluding tert-OH is 1. The standard InChI is InChI=1S/C10H15NOS/c11-6-8(12)5-9-4-7-2-1-3-10(7)13-9/h4,8,12H,1-3,5-6,11H2. The van der Waals surface area contributed by atoms with E-state index in [4.69, 9.17) is 5.73 Å². The number of hydrogen-bond donors (Lipinski definition) is 2. The van der Waals surface area contributed by atoms with E-state index < -0.39 is 0 Å². The summed E-state index contributed by atoms with van der Waals surface area (Å²) < 4.78 is 0. The van der Waals surface area contributed by atoms with Crippen LogP contribution in [0.15, 0.2) is 6.07 Å². The van der Waals surface area contributed by atoms with E-state index in [1.165, 1.54) is 34.6 Å². The number of aliphatic hydroxyl groups is 1. The van der Waals surface area contributed by atoms with E-state index in [1.807, 2.05) is 11.3 Å². The minimum absolute atomic E-state index is 0.362. The molecule has 0 aliphatic heterocycles. The third-order valence-electron chi connectivity index (χ3n) is 2.51. The van der Waals surface area contributed by atoms with Crippen LogP contribution < -0.4 is 5.73 Å². The van der Waals surface area contributed by atoms with Gasteiger partial charge in [0.15, 0.2) is 0 Å². The molecule has 2 rings (SSSR count). The maximum atomic E-state index is 9.38. The van der Waals surface area contributed by atoms with Gasteiger partial charge in [0.25, 0.3) is 0 Å². The molecule has 3 heteroatoms. The molecule has 0 amide bonds. The van der Waals surface area contributed by atoms with Gasteiger partial charge >= 0.3 is 0 Å². The fraction of sp³-hybridized carbons (Fsp3) is 0.600. The van der Waals surface area contributed by atoms with Gasteiger partial charge in [0, 0.05) is 22.7 Å². The molecule has 1 heterocycles. The summed E-state index contributed by atoms with van der Waals surface area (Å²) in [5, 5.41) is 9.38. The van der Waals surface area contributed by atoms with Crippen LogP contribution in [0.5, 0.6) is 0 Å². The van der Waals surface area contributed by atoms with E-state index in [2.05, 4.69) is 6.07 Å². The third kappa shape index (κ3) is 1.93. The van der Waals surface area contributed by atoms with Crippen LogP contribution in [-0.4, -0.2) is 17.8 Å². The molecule has 0 fully saturated rings. The van der Waals surface area contributed by atoms with E-state index in [-0.39, 0.29) is 6.10 Å². The van der Waals surface area contributed by atoms with Crippen molar-refractivity contribution in [3.05, 3.63) is 21.4 Å². The molecule has 0 radical (unpaired) electrons. The molecule has 1 aromatic rings. The van der Waals surface area contributed by atoms with Gasteiger partial charge in [0.05, 0.1) is 6.10 Å². The average molecular weight is 197 g/mol. The molecule has 2 nitrogen and oxygen atoms in total. The number of rotatable bonds is 3. The number of thiophene rings is 1. The molecule has 0 saturated carbocycles. The monoisotopic (exact) mass is 197 g/mol. The lowest BCUT2D eigenvalue weighted by Gasteiger charge is -2.04. The highest BCUT2D eigenvalue weighted by Crippen LogP contribution is 2.31. The van der Waals surface area contributed by atoms with Crippen molar-refractivity contribution in [2.45, 2.75) is 31.8 Å². The van der Waals surface area contributed by atoms with Crippen molar-refractivity contribution in [2.75, 3.05) is 6.54 Å². The lowest BCUT2D eigenvalue weighted by atomic mass is 10.2. The molecule has 0 spiro atoms. The Labute approximate surface area is 82.4 Å². The Kier molecular flexibility index (Phi) is 2.67. The second-order valence-corrected chi connectivity index (χ2v) is 4.83. The van der Waals surface area contributed by atoms with Crippen molar-refractivity contribution in [3.8, 4) is 0 Å².